The van der Waals surface area contributed by atoms with Gasteiger partial charge in [-0.2, -0.15) is 0 Å². The van der Waals surface area contributed by atoms with Gasteiger partial charge in [0.25, 0.3) is 0 Å². The molecule has 4 nitrogen and oxygen atoms in total. The average molecular weight is 463 g/mol. The van der Waals surface area contributed by atoms with Crippen molar-refractivity contribution >= 4 is 24.8 Å². The lowest BCUT2D eigenvalue weighted by atomic mass is 10.2. The molecule has 0 spiro atoms. The van der Waals surface area contributed by atoms with Gasteiger partial charge in [0.2, 0.25) is 0 Å². The Kier molecular flexibility index (Phi) is 12.7. The molecule has 3 rings (SSSR count). The second kappa shape index (κ2) is 14.4. The van der Waals surface area contributed by atoms with Crippen molar-refractivity contribution in [3.8, 4) is 11.5 Å². The molecule has 1 fully saturated rings. The first-order valence-electron chi connectivity index (χ1n) is 9.92. The van der Waals surface area contributed by atoms with Gasteiger partial charge in [0.1, 0.15) is 0 Å². The fourth-order valence-corrected chi connectivity index (χ4v) is 3.30. The number of hydrogen-bond donors (Lipinski definition) is 0. The van der Waals surface area contributed by atoms with Crippen LogP contribution in [0, 0.1) is 11.6 Å². The van der Waals surface area contributed by atoms with Gasteiger partial charge in [0.05, 0.1) is 13.2 Å². The van der Waals surface area contributed by atoms with Crippen molar-refractivity contribution in [1.29, 1.82) is 0 Å². The number of rotatable bonds is 10. The standard InChI is InChI=1S/C22H28F2N2O2.2ClH/c23-19-7-1-3-9-21(19)27-17-5-11-25-13-15-26(16-14-25)12-6-18-28-22-10-4-2-8-20(22)24;;/h1-4,7-10H,5-6,11-18H2;2*1H. The second-order valence-electron chi connectivity index (χ2n) is 6.95. The van der Waals surface area contributed by atoms with Crippen LogP contribution in [-0.4, -0.2) is 62.3 Å². The van der Waals surface area contributed by atoms with E-state index >= 15 is 0 Å². The van der Waals surface area contributed by atoms with Gasteiger partial charge in [0, 0.05) is 39.3 Å². The third-order valence-corrected chi connectivity index (χ3v) is 4.89. The Morgan fingerprint density at radius 1 is 0.633 bits per heavy atom. The van der Waals surface area contributed by atoms with Crippen molar-refractivity contribution in [2.75, 3.05) is 52.5 Å². The van der Waals surface area contributed by atoms with Crippen LogP contribution in [0.3, 0.4) is 0 Å². The summed E-state index contributed by atoms with van der Waals surface area (Å²) < 4.78 is 38.0. The summed E-state index contributed by atoms with van der Waals surface area (Å²) in [7, 11) is 0. The maximum atomic E-state index is 13.5. The molecule has 0 amide bonds. The quantitative estimate of drug-likeness (QED) is 0.479. The van der Waals surface area contributed by atoms with Crippen molar-refractivity contribution in [2.24, 2.45) is 0 Å². The summed E-state index contributed by atoms with van der Waals surface area (Å²) in [6.45, 7) is 7.05. The summed E-state index contributed by atoms with van der Waals surface area (Å²) in [6, 6.07) is 13.0. The monoisotopic (exact) mass is 462 g/mol. The first-order chi connectivity index (χ1) is 13.7. The highest BCUT2D eigenvalue weighted by molar-refractivity contribution is 5.85. The number of halogens is 4. The molecular weight excluding hydrogens is 433 g/mol. The van der Waals surface area contributed by atoms with Crippen molar-refractivity contribution < 1.29 is 18.3 Å². The molecule has 30 heavy (non-hydrogen) atoms. The molecule has 2 aromatic rings. The number of piperazine rings is 1. The van der Waals surface area contributed by atoms with Crippen LogP contribution in [0.5, 0.6) is 11.5 Å². The average Bonchev–Trinajstić information content (AvgIpc) is 2.72. The summed E-state index contributed by atoms with van der Waals surface area (Å²) in [4.78, 5) is 4.83. The van der Waals surface area contributed by atoms with E-state index in [1.807, 2.05) is 0 Å². The number of nitrogens with zero attached hydrogens (tertiary/aromatic N) is 2. The van der Waals surface area contributed by atoms with Gasteiger partial charge in [-0.15, -0.1) is 24.8 Å². The van der Waals surface area contributed by atoms with Crippen LogP contribution in [0.2, 0.25) is 0 Å². The molecule has 8 heteroatoms. The summed E-state index contributed by atoms with van der Waals surface area (Å²) in [5, 5.41) is 0. The molecule has 168 valence electrons. The normalized spacial score (nSPS) is 14.5. The van der Waals surface area contributed by atoms with Crippen molar-refractivity contribution in [3.63, 3.8) is 0 Å². The molecule has 1 heterocycles. The number of benzene rings is 2. The lowest BCUT2D eigenvalue weighted by Crippen LogP contribution is -2.47. The zero-order valence-corrected chi connectivity index (χ0v) is 18.6. The van der Waals surface area contributed by atoms with Crippen molar-refractivity contribution in [2.45, 2.75) is 12.8 Å². The van der Waals surface area contributed by atoms with E-state index in [0.717, 1.165) is 52.1 Å². The minimum Gasteiger partial charge on any atom is -0.490 e. The molecule has 0 aromatic heterocycles. The summed E-state index contributed by atoms with van der Waals surface area (Å²) in [6.07, 6.45) is 1.76. The first kappa shape index (κ1) is 26.4. The molecule has 1 aliphatic heterocycles. The van der Waals surface area contributed by atoms with Crippen LogP contribution >= 0.6 is 24.8 Å². The van der Waals surface area contributed by atoms with E-state index in [9.17, 15) is 8.78 Å². The number of ether oxygens (including phenoxy) is 2. The third kappa shape index (κ3) is 8.64. The number of para-hydroxylation sites is 2. The molecule has 0 unspecified atom stereocenters. The van der Waals surface area contributed by atoms with Crippen LogP contribution in [0.4, 0.5) is 8.78 Å². The molecule has 0 bridgehead atoms. The molecule has 0 atom stereocenters. The highest BCUT2D eigenvalue weighted by Crippen LogP contribution is 2.16. The molecule has 1 saturated heterocycles. The van der Waals surface area contributed by atoms with Crippen molar-refractivity contribution in [3.05, 3.63) is 60.2 Å². The highest BCUT2D eigenvalue weighted by Gasteiger charge is 2.16. The summed E-state index contributed by atoms with van der Waals surface area (Å²) >= 11 is 0. The van der Waals surface area contributed by atoms with E-state index in [4.69, 9.17) is 9.47 Å². The Labute approximate surface area is 190 Å². The van der Waals surface area contributed by atoms with Gasteiger partial charge < -0.3 is 19.3 Å². The zero-order valence-electron chi connectivity index (χ0n) is 17.0. The molecular formula is C22H30Cl2F2N2O2. The summed E-state index contributed by atoms with van der Waals surface area (Å²) in [5.41, 5.74) is 0. The van der Waals surface area contributed by atoms with Crippen LogP contribution < -0.4 is 9.47 Å². The van der Waals surface area contributed by atoms with Gasteiger partial charge in [-0.1, -0.05) is 24.3 Å². The maximum absolute atomic E-state index is 13.5. The fraction of sp³-hybridized carbons (Fsp3) is 0.455. The zero-order chi connectivity index (χ0) is 19.6. The second-order valence-corrected chi connectivity index (χ2v) is 6.95. The van der Waals surface area contributed by atoms with Gasteiger partial charge in [-0.3, -0.25) is 0 Å². The summed E-state index contributed by atoms with van der Waals surface area (Å²) in [5.74, 6) is 0.0278. The SMILES string of the molecule is Cl.Cl.Fc1ccccc1OCCCN1CCN(CCCOc2ccccc2F)CC1. The Morgan fingerprint density at radius 3 is 1.37 bits per heavy atom. The van der Waals surface area contributed by atoms with Crippen LogP contribution in [0.1, 0.15) is 12.8 Å². The number of hydrogen-bond acceptors (Lipinski definition) is 4. The van der Waals surface area contributed by atoms with E-state index in [0.29, 0.717) is 24.7 Å². The molecule has 2 aromatic carbocycles. The van der Waals surface area contributed by atoms with Crippen LogP contribution in [0.15, 0.2) is 48.5 Å². The Morgan fingerprint density at radius 2 is 1.00 bits per heavy atom. The minimum atomic E-state index is -0.310. The predicted molar refractivity (Wildman–Crippen MR) is 120 cm³/mol. The third-order valence-electron chi connectivity index (χ3n) is 4.89. The predicted octanol–water partition coefficient (Wildman–Crippen LogP) is 4.66. The lowest BCUT2D eigenvalue weighted by Gasteiger charge is -2.34. The van der Waals surface area contributed by atoms with E-state index in [1.54, 1.807) is 36.4 Å². The molecule has 0 N–H and O–H groups in total. The largest absolute Gasteiger partial charge is 0.490 e. The van der Waals surface area contributed by atoms with Gasteiger partial charge in [0.15, 0.2) is 23.1 Å². The van der Waals surface area contributed by atoms with Gasteiger partial charge >= 0.3 is 0 Å². The molecule has 1 aliphatic rings. The van der Waals surface area contributed by atoms with Crippen LogP contribution in [-0.2, 0) is 0 Å². The molecule has 0 aliphatic carbocycles. The molecule has 0 radical (unpaired) electrons. The highest BCUT2D eigenvalue weighted by atomic mass is 35.5. The Balaban J connectivity index is 0.00000225. The van der Waals surface area contributed by atoms with Gasteiger partial charge in [-0.25, -0.2) is 8.78 Å². The topological polar surface area (TPSA) is 24.9 Å². The maximum Gasteiger partial charge on any atom is 0.165 e. The minimum absolute atomic E-state index is 0. The fourth-order valence-electron chi connectivity index (χ4n) is 3.30. The lowest BCUT2D eigenvalue weighted by molar-refractivity contribution is 0.120. The molecule has 0 saturated carbocycles. The smallest absolute Gasteiger partial charge is 0.165 e. The van der Waals surface area contributed by atoms with E-state index in [2.05, 4.69) is 9.80 Å². The Hall–Kier alpha value is -1.60. The first-order valence-corrected chi connectivity index (χ1v) is 9.92. The van der Waals surface area contributed by atoms with E-state index < -0.39 is 0 Å². The van der Waals surface area contributed by atoms with E-state index in [1.165, 1.54) is 12.1 Å². The van der Waals surface area contributed by atoms with E-state index in [-0.39, 0.29) is 36.4 Å². The van der Waals surface area contributed by atoms with Crippen molar-refractivity contribution in [1.82, 2.24) is 9.80 Å². The van der Waals surface area contributed by atoms with Gasteiger partial charge in [-0.05, 0) is 37.1 Å². The Bertz CT molecular complexity index is 670. The van der Waals surface area contributed by atoms with Crippen LogP contribution in [0.25, 0.3) is 0 Å².